The van der Waals surface area contributed by atoms with Gasteiger partial charge in [-0.1, -0.05) is 23.7 Å². The Morgan fingerprint density at radius 2 is 1.82 bits per heavy atom. The minimum Gasteiger partial charge on any atom is -0.494 e. The molecule has 2 rings (SSSR count). The van der Waals surface area contributed by atoms with Crippen LogP contribution in [0.15, 0.2) is 48.5 Å². The number of carbonyl (C=O) groups is 2. The van der Waals surface area contributed by atoms with E-state index in [1.54, 1.807) is 37.3 Å². The molecule has 0 spiro atoms. The van der Waals surface area contributed by atoms with Gasteiger partial charge in [0.25, 0.3) is 5.91 Å². The summed E-state index contributed by atoms with van der Waals surface area (Å²) < 4.78 is 10.9. The third kappa shape index (κ3) is 7.70. The summed E-state index contributed by atoms with van der Waals surface area (Å²) in [7, 11) is 0. The first-order chi connectivity index (χ1) is 13.5. The van der Waals surface area contributed by atoms with Crippen molar-refractivity contribution in [2.75, 3.05) is 12.4 Å². The lowest BCUT2D eigenvalue weighted by Gasteiger charge is -2.15. The van der Waals surface area contributed by atoms with Gasteiger partial charge in [0, 0.05) is 10.8 Å². The Kier molecular flexibility index (Phi) is 8.97. The van der Waals surface area contributed by atoms with E-state index < -0.39 is 12.0 Å². The van der Waals surface area contributed by atoms with Gasteiger partial charge < -0.3 is 9.47 Å². The fourth-order valence-corrected chi connectivity index (χ4v) is 3.18. The van der Waals surface area contributed by atoms with Crippen LogP contribution in [0.4, 0.5) is 0 Å². The number of halogens is 1. The molecule has 2 N–H and O–H groups in total. The van der Waals surface area contributed by atoms with Crippen molar-refractivity contribution < 1.29 is 19.1 Å². The van der Waals surface area contributed by atoms with Crippen LogP contribution in [-0.4, -0.2) is 30.3 Å². The lowest BCUT2D eigenvalue weighted by molar-refractivity contribution is -0.131. The Hall–Kier alpha value is -2.38. The number of hydrogen-bond donors (Lipinski definition) is 2. The molecule has 8 heteroatoms. The van der Waals surface area contributed by atoms with E-state index >= 15 is 0 Å². The number of benzene rings is 2. The Morgan fingerprint density at radius 1 is 1.11 bits per heavy atom. The van der Waals surface area contributed by atoms with Crippen molar-refractivity contribution in [3.8, 4) is 11.5 Å². The van der Waals surface area contributed by atoms with E-state index in [-0.39, 0.29) is 11.7 Å². The summed E-state index contributed by atoms with van der Waals surface area (Å²) in [5.74, 6) is 1.39. The lowest BCUT2D eigenvalue weighted by atomic mass is 10.2. The summed E-state index contributed by atoms with van der Waals surface area (Å²) in [4.78, 5) is 23.9. The van der Waals surface area contributed by atoms with Crippen LogP contribution in [0.3, 0.4) is 0 Å². The SMILES string of the molecule is CCOc1ccc(O[C@H](C)C(=O)NNC(=O)CSCc2cccc(Cl)c2)cc1. The number of hydrogen-bond acceptors (Lipinski definition) is 5. The highest BCUT2D eigenvalue weighted by atomic mass is 35.5. The molecule has 0 aliphatic rings. The standard InChI is InChI=1S/C20H23ClN2O4S/c1-3-26-17-7-9-18(10-8-17)27-14(2)20(25)23-22-19(24)13-28-12-15-5-4-6-16(21)11-15/h4-11,14H,3,12-13H2,1-2H3,(H,22,24)(H,23,25)/t14-/m1/s1. The molecule has 0 aliphatic carbocycles. The van der Waals surface area contributed by atoms with Gasteiger partial charge in [0.05, 0.1) is 12.4 Å². The fraction of sp³-hybridized carbons (Fsp3) is 0.300. The molecule has 0 unspecified atom stereocenters. The largest absolute Gasteiger partial charge is 0.494 e. The van der Waals surface area contributed by atoms with Crippen molar-refractivity contribution in [2.45, 2.75) is 25.7 Å². The summed E-state index contributed by atoms with van der Waals surface area (Å²) in [6.45, 7) is 4.09. The van der Waals surface area contributed by atoms with Crippen LogP contribution in [0.1, 0.15) is 19.4 Å². The maximum atomic E-state index is 12.1. The van der Waals surface area contributed by atoms with E-state index in [2.05, 4.69) is 10.9 Å². The van der Waals surface area contributed by atoms with Gasteiger partial charge in [0.15, 0.2) is 6.10 Å². The van der Waals surface area contributed by atoms with E-state index in [0.29, 0.717) is 23.1 Å². The van der Waals surface area contributed by atoms with Crippen LogP contribution in [0, 0.1) is 0 Å². The first-order valence-corrected chi connectivity index (χ1v) is 10.3. The van der Waals surface area contributed by atoms with Gasteiger partial charge in [-0.15, -0.1) is 11.8 Å². The average molecular weight is 423 g/mol. The molecular weight excluding hydrogens is 400 g/mol. The highest BCUT2D eigenvalue weighted by molar-refractivity contribution is 7.99. The molecule has 0 saturated carbocycles. The highest BCUT2D eigenvalue weighted by Crippen LogP contribution is 2.19. The normalized spacial score (nSPS) is 11.4. The fourth-order valence-electron chi connectivity index (χ4n) is 2.20. The van der Waals surface area contributed by atoms with Crippen LogP contribution in [0.5, 0.6) is 11.5 Å². The third-order valence-electron chi connectivity index (χ3n) is 3.53. The second-order valence-electron chi connectivity index (χ2n) is 5.82. The van der Waals surface area contributed by atoms with Gasteiger partial charge in [-0.05, 0) is 55.8 Å². The van der Waals surface area contributed by atoms with Crippen LogP contribution in [0.2, 0.25) is 5.02 Å². The van der Waals surface area contributed by atoms with Gasteiger partial charge >= 0.3 is 0 Å². The summed E-state index contributed by atoms with van der Waals surface area (Å²) in [5, 5.41) is 0.663. The van der Waals surface area contributed by atoms with E-state index in [9.17, 15) is 9.59 Å². The number of hydrazine groups is 1. The molecule has 6 nitrogen and oxygen atoms in total. The first-order valence-electron chi connectivity index (χ1n) is 8.78. The minimum atomic E-state index is -0.766. The number of carbonyl (C=O) groups excluding carboxylic acids is 2. The van der Waals surface area contributed by atoms with Crippen molar-refractivity contribution in [3.05, 3.63) is 59.1 Å². The molecule has 2 aromatic carbocycles. The average Bonchev–Trinajstić information content (AvgIpc) is 2.68. The van der Waals surface area contributed by atoms with Gasteiger partial charge in [-0.25, -0.2) is 0 Å². The Morgan fingerprint density at radius 3 is 2.50 bits per heavy atom. The van der Waals surface area contributed by atoms with Crippen LogP contribution < -0.4 is 20.3 Å². The predicted molar refractivity (Wildman–Crippen MR) is 112 cm³/mol. The molecule has 0 saturated heterocycles. The first kappa shape index (κ1) is 21.9. The summed E-state index contributed by atoms with van der Waals surface area (Å²) in [5.41, 5.74) is 5.79. The quantitative estimate of drug-likeness (QED) is 0.604. The molecule has 2 aromatic rings. The Balaban J connectivity index is 1.67. The van der Waals surface area contributed by atoms with Crippen molar-refractivity contribution in [3.63, 3.8) is 0 Å². The van der Waals surface area contributed by atoms with Gasteiger partial charge in [-0.3, -0.25) is 20.4 Å². The molecule has 0 bridgehead atoms. The zero-order chi connectivity index (χ0) is 20.4. The smallest absolute Gasteiger partial charge is 0.279 e. The molecule has 2 amide bonds. The molecule has 0 radical (unpaired) electrons. The molecular formula is C20H23ClN2O4S. The van der Waals surface area contributed by atoms with Crippen molar-refractivity contribution in [2.24, 2.45) is 0 Å². The highest BCUT2D eigenvalue weighted by Gasteiger charge is 2.15. The van der Waals surface area contributed by atoms with Gasteiger partial charge in [0.1, 0.15) is 11.5 Å². The zero-order valence-electron chi connectivity index (χ0n) is 15.7. The van der Waals surface area contributed by atoms with E-state index in [0.717, 1.165) is 11.3 Å². The van der Waals surface area contributed by atoms with E-state index in [1.165, 1.54) is 11.8 Å². The summed E-state index contributed by atoms with van der Waals surface area (Å²) in [6, 6.07) is 14.4. The van der Waals surface area contributed by atoms with Crippen molar-refractivity contribution >= 4 is 35.2 Å². The van der Waals surface area contributed by atoms with Crippen LogP contribution in [-0.2, 0) is 15.3 Å². The van der Waals surface area contributed by atoms with Gasteiger partial charge in [0.2, 0.25) is 5.91 Å². The number of nitrogens with one attached hydrogen (secondary N) is 2. The van der Waals surface area contributed by atoms with Crippen molar-refractivity contribution in [1.82, 2.24) is 10.9 Å². The van der Waals surface area contributed by atoms with E-state index in [1.807, 2.05) is 25.1 Å². The Bertz CT molecular complexity index is 786. The minimum absolute atomic E-state index is 0.209. The zero-order valence-corrected chi connectivity index (χ0v) is 17.3. The second kappa shape index (κ2) is 11.5. The molecule has 0 aromatic heterocycles. The number of rotatable bonds is 9. The van der Waals surface area contributed by atoms with Crippen LogP contribution >= 0.6 is 23.4 Å². The molecule has 0 fully saturated rings. The topological polar surface area (TPSA) is 76.7 Å². The van der Waals surface area contributed by atoms with Gasteiger partial charge in [-0.2, -0.15) is 0 Å². The third-order valence-corrected chi connectivity index (χ3v) is 4.77. The molecule has 0 aliphatic heterocycles. The molecule has 28 heavy (non-hydrogen) atoms. The molecule has 150 valence electrons. The lowest BCUT2D eigenvalue weighted by Crippen LogP contribution is -2.47. The molecule has 0 heterocycles. The summed E-state index contributed by atoms with van der Waals surface area (Å²) in [6.07, 6.45) is -0.766. The Labute approximate surface area is 173 Å². The number of thioether (sulfide) groups is 1. The number of amides is 2. The molecule has 1 atom stereocenters. The summed E-state index contributed by atoms with van der Waals surface area (Å²) >= 11 is 7.35. The van der Waals surface area contributed by atoms with Crippen LogP contribution in [0.25, 0.3) is 0 Å². The second-order valence-corrected chi connectivity index (χ2v) is 7.25. The maximum absolute atomic E-state index is 12.1. The maximum Gasteiger partial charge on any atom is 0.279 e. The van der Waals surface area contributed by atoms with E-state index in [4.69, 9.17) is 21.1 Å². The monoisotopic (exact) mass is 422 g/mol. The van der Waals surface area contributed by atoms with Crippen molar-refractivity contribution in [1.29, 1.82) is 0 Å². The predicted octanol–water partition coefficient (Wildman–Crippen LogP) is 3.59. The number of ether oxygens (including phenoxy) is 2.